The van der Waals surface area contributed by atoms with E-state index in [9.17, 15) is 4.79 Å². The van der Waals surface area contributed by atoms with Crippen molar-refractivity contribution in [1.29, 1.82) is 0 Å². The molecular formula is C12H15ClN4OS. The summed E-state index contributed by atoms with van der Waals surface area (Å²) >= 11 is 7.58. The van der Waals surface area contributed by atoms with Crippen LogP contribution in [0.15, 0.2) is 5.38 Å². The number of aryl methyl sites for hydroxylation is 2. The molecule has 0 bridgehead atoms. The highest BCUT2D eigenvalue weighted by molar-refractivity contribution is 7.09. The number of amides is 1. The second-order valence-corrected chi connectivity index (χ2v) is 5.50. The summed E-state index contributed by atoms with van der Waals surface area (Å²) in [6, 6.07) is 0. The van der Waals surface area contributed by atoms with Gasteiger partial charge in [0.25, 0.3) is 5.91 Å². The Balaban J connectivity index is 1.94. The molecule has 5 nitrogen and oxygen atoms in total. The molecule has 102 valence electrons. The standard InChI is InChI=1S/C12H15ClN4OS/c1-3-4-9-15-8(6-19-9)5-14-12(18)11-10(13)7(2)16-17-11/h6H,3-5H2,1-2H3,(H,14,18)(H,16,17). The zero-order valence-corrected chi connectivity index (χ0v) is 12.4. The van der Waals surface area contributed by atoms with Gasteiger partial charge in [0.05, 0.1) is 28.0 Å². The van der Waals surface area contributed by atoms with Gasteiger partial charge >= 0.3 is 0 Å². The molecule has 2 rings (SSSR count). The molecule has 0 atom stereocenters. The van der Waals surface area contributed by atoms with E-state index in [1.807, 2.05) is 5.38 Å². The van der Waals surface area contributed by atoms with Crippen molar-refractivity contribution in [2.24, 2.45) is 0 Å². The number of aromatic amines is 1. The van der Waals surface area contributed by atoms with E-state index < -0.39 is 0 Å². The highest BCUT2D eigenvalue weighted by atomic mass is 35.5. The normalized spacial score (nSPS) is 10.7. The first kappa shape index (κ1) is 14.0. The van der Waals surface area contributed by atoms with Crippen molar-refractivity contribution in [3.63, 3.8) is 0 Å². The second kappa shape index (κ2) is 6.16. The molecule has 7 heteroatoms. The topological polar surface area (TPSA) is 70.7 Å². The van der Waals surface area contributed by atoms with Crippen LogP contribution < -0.4 is 5.32 Å². The number of H-pyrrole nitrogens is 1. The number of nitrogens with one attached hydrogen (secondary N) is 2. The lowest BCUT2D eigenvalue weighted by molar-refractivity contribution is 0.0945. The summed E-state index contributed by atoms with van der Waals surface area (Å²) in [4.78, 5) is 16.3. The van der Waals surface area contributed by atoms with Crippen LogP contribution in [0, 0.1) is 6.92 Å². The van der Waals surface area contributed by atoms with Crippen LogP contribution in [-0.4, -0.2) is 21.1 Å². The minimum Gasteiger partial charge on any atom is -0.345 e. The number of hydrogen-bond acceptors (Lipinski definition) is 4. The summed E-state index contributed by atoms with van der Waals surface area (Å²) in [5.41, 5.74) is 1.78. The molecule has 0 saturated heterocycles. The van der Waals surface area contributed by atoms with E-state index in [4.69, 9.17) is 11.6 Å². The van der Waals surface area contributed by atoms with Gasteiger partial charge in [-0.15, -0.1) is 11.3 Å². The van der Waals surface area contributed by atoms with E-state index >= 15 is 0 Å². The molecule has 0 aromatic carbocycles. The van der Waals surface area contributed by atoms with Gasteiger partial charge in [-0.2, -0.15) is 5.10 Å². The van der Waals surface area contributed by atoms with E-state index in [0.717, 1.165) is 23.5 Å². The van der Waals surface area contributed by atoms with Crippen LogP contribution in [0.4, 0.5) is 0 Å². The van der Waals surface area contributed by atoms with Crippen LogP contribution >= 0.6 is 22.9 Å². The quantitative estimate of drug-likeness (QED) is 0.891. The third kappa shape index (κ3) is 3.33. The van der Waals surface area contributed by atoms with Crippen LogP contribution in [-0.2, 0) is 13.0 Å². The number of carbonyl (C=O) groups is 1. The van der Waals surface area contributed by atoms with Gasteiger partial charge in [0, 0.05) is 5.38 Å². The molecule has 1 amide bonds. The third-order valence-electron chi connectivity index (χ3n) is 2.58. The van der Waals surface area contributed by atoms with Gasteiger partial charge in [0.2, 0.25) is 0 Å². The first-order valence-electron chi connectivity index (χ1n) is 6.03. The summed E-state index contributed by atoms with van der Waals surface area (Å²) in [7, 11) is 0. The molecule has 0 aliphatic heterocycles. The van der Waals surface area contributed by atoms with E-state index in [-0.39, 0.29) is 11.6 Å². The molecule has 0 radical (unpaired) electrons. The molecule has 0 aliphatic rings. The van der Waals surface area contributed by atoms with Crippen molar-refractivity contribution in [2.45, 2.75) is 33.2 Å². The molecule has 0 unspecified atom stereocenters. The molecule has 19 heavy (non-hydrogen) atoms. The molecular weight excluding hydrogens is 284 g/mol. The number of thiazole rings is 1. The second-order valence-electron chi connectivity index (χ2n) is 4.18. The first-order chi connectivity index (χ1) is 9.11. The van der Waals surface area contributed by atoms with Gasteiger partial charge in [-0.1, -0.05) is 18.5 Å². The Morgan fingerprint density at radius 2 is 2.37 bits per heavy atom. The maximum Gasteiger partial charge on any atom is 0.273 e. The van der Waals surface area contributed by atoms with E-state index in [1.54, 1.807) is 18.3 Å². The Bertz CT molecular complexity index is 578. The fraction of sp³-hybridized carbons (Fsp3) is 0.417. The average Bonchev–Trinajstić information content (AvgIpc) is 2.96. The van der Waals surface area contributed by atoms with Crippen LogP contribution in [0.3, 0.4) is 0 Å². The van der Waals surface area contributed by atoms with Crippen LogP contribution in [0.25, 0.3) is 0 Å². The van der Waals surface area contributed by atoms with Crippen LogP contribution in [0.5, 0.6) is 0 Å². The Hall–Kier alpha value is -1.40. The molecule has 0 saturated carbocycles. The molecule has 2 aromatic rings. The number of nitrogens with zero attached hydrogens (tertiary/aromatic N) is 2. The van der Waals surface area contributed by atoms with Crippen molar-refractivity contribution in [2.75, 3.05) is 0 Å². The summed E-state index contributed by atoms with van der Waals surface area (Å²) in [5, 5.41) is 12.7. The van der Waals surface area contributed by atoms with Gasteiger partial charge in [-0.3, -0.25) is 9.89 Å². The summed E-state index contributed by atoms with van der Waals surface area (Å²) in [6.07, 6.45) is 2.05. The van der Waals surface area contributed by atoms with Crippen molar-refractivity contribution < 1.29 is 4.79 Å². The third-order valence-corrected chi connectivity index (χ3v) is 4.00. The predicted molar refractivity (Wildman–Crippen MR) is 75.6 cm³/mol. The lowest BCUT2D eigenvalue weighted by Gasteiger charge is -2.00. The van der Waals surface area contributed by atoms with Gasteiger partial charge < -0.3 is 5.32 Å². The maximum atomic E-state index is 11.9. The lowest BCUT2D eigenvalue weighted by Crippen LogP contribution is -2.23. The largest absolute Gasteiger partial charge is 0.345 e. The lowest BCUT2D eigenvalue weighted by atomic mass is 10.3. The average molecular weight is 299 g/mol. The number of hydrogen-bond donors (Lipinski definition) is 2. The Kier molecular flexibility index (Phi) is 4.55. The van der Waals surface area contributed by atoms with E-state index in [1.165, 1.54) is 0 Å². The van der Waals surface area contributed by atoms with Crippen molar-refractivity contribution in [3.8, 4) is 0 Å². The minimum atomic E-state index is -0.292. The highest BCUT2D eigenvalue weighted by Gasteiger charge is 2.16. The van der Waals surface area contributed by atoms with Crippen molar-refractivity contribution in [1.82, 2.24) is 20.5 Å². The molecule has 2 aromatic heterocycles. The SMILES string of the molecule is CCCc1nc(CNC(=O)c2n[nH]c(C)c2Cl)cs1. The smallest absolute Gasteiger partial charge is 0.273 e. The number of rotatable bonds is 5. The minimum absolute atomic E-state index is 0.225. The fourth-order valence-electron chi connectivity index (χ4n) is 1.58. The molecule has 2 heterocycles. The Labute approximate surface area is 120 Å². The van der Waals surface area contributed by atoms with Crippen LogP contribution in [0.1, 0.15) is 40.2 Å². The monoisotopic (exact) mass is 298 g/mol. The van der Waals surface area contributed by atoms with E-state index in [0.29, 0.717) is 17.3 Å². The van der Waals surface area contributed by atoms with Gasteiger partial charge in [0.1, 0.15) is 0 Å². The molecule has 0 spiro atoms. The molecule has 2 N–H and O–H groups in total. The predicted octanol–water partition coefficient (Wildman–Crippen LogP) is 2.71. The van der Waals surface area contributed by atoms with Crippen molar-refractivity contribution in [3.05, 3.63) is 32.5 Å². The van der Waals surface area contributed by atoms with Crippen LogP contribution in [0.2, 0.25) is 5.02 Å². The zero-order chi connectivity index (χ0) is 13.8. The molecule has 0 aliphatic carbocycles. The first-order valence-corrected chi connectivity index (χ1v) is 7.29. The van der Waals surface area contributed by atoms with Gasteiger partial charge in [-0.05, 0) is 19.8 Å². The maximum absolute atomic E-state index is 11.9. The summed E-state index contributed by atoms with van der Waals surface area (Å²) < 4.78 is 0. The fourth-order valence-corrected chi connectivity index (χ4v) is 2.65. The van der Waals surface area contributed by atoms with Crippen molar-refractivity contribution >= 4 is 28.8 Å². The molecule has 0 fully saturated rings. The Morgan fingerprint density at radius 1 is 1.58 bits per heavy atom. The number of aromatic nitrogens is 3. The van der Waals surface area contributed by atoms with E-state index in [2.05, 4.69) is 27.4 Å². The van der Waals surface area contributed by atoms with Gasteiger partial charge in [0.15, 0.2) is 5.69 Å². The Morgan fingerprint density at radius 3 is 3.00 bits per heavy atom. The number of halogens is 1. The summed E-state index contributed by atoms with van der Waals surface area (Å²) in [6.45, 7) is 4.27. The van der Waals surface area contributed by atoms with Gasteiger partial charge in [-0.25, -0.2) is 4.98 Å². The summed E-state index contributed by atoms with van der Waals surface area (Å²) in [5.74, 6) is -0.292. The number of carbonyl (C=O) groups excluding carboxylic acids is 1. The zero-order valence-electron chi connectivity index (χ0n) is 10.8. The highest BCUT2D eigenvalue weighted by Crippen LogP contribution is 2.17.